The maximum atomic E-state index is 14.6. The second kappa shape index (κ2) is 7.69. The quantitative estimate of drug-likeness (QED) is 0.498. The Morgan fingerprint density at radius 3 is 2.37 bits per heavy atom. The third-order valence-electron chi connectivity index (χ3n) is 5.93. The van der Waals surface area contributed by atoms with Crippen LogP contribution >= 0.6 is 0 Å². The molecule has 2 aromatic carbocycles. The van der Waals surface area contributed by atoms with Crippen molar-refractivity contribution in [2.75, 3.05) is 0 Å². The van der Waals surface area contributed by atoms with E-state index in [1.54, 1.807) is 0 Å². The maximum absolute atomic E-state index is 14.6. The molecule has 0 aliphatic heterocycles. The lowest BCUT2D eigenvalue weighted by Gasteiger charge is -2.30. The van der Waals surface area contributed by atoms with Gasteiger partial charge in [0.1, 0.15) is 5.82 Å². The molecule has 1 aliphatic carbocycles. The molecule has 3 rings (SSSR count). The van der Waals surface area contributed by atoms with Crippen LogP contribution < -0.4 is 0 Å². The summed E-state index contributed by atoms with van der Waals surface area (Å²) in [6.07, 6.45) is 1.69. The lowest BCUT2D eigenvalue weighted by Crippen LogP contribution is -2.17. The number of benzene rings is 2. The van der Waals surface area contributed by atoms with Crippen LogP contribution in [0.15, 0.2) is 36.4 Å². The minimum absolute atomic E-state index is 0.127. The monoisotopic (exact) mass is 374 g/mol. The van der Waals surface area contributed by atoms with Gasteiger partial charge in [-0.25, -0.2) is 13.2 Å². The Labute approximate surface area is 160 Å². The van der Waals surface area contributed by atoms with Crippen LogP contribution in [0.2, 0.25) is 0 Å². The number of halogens is 3. The zero-order chi connectivity index (χ0) is 19.8. The highest BCUT2D eigenvalue weighted by Gasteiger charge is 2.37. The minimum Gasteiger partial charge on any atom is -0.206 e. The van der Waals surface area contributed by atoms with Crippen LogP contribution in [-0.4, -0.2) is 0 Å². The van der Waals surface area contributed by atoms with E-state index in [4.69, 9.17) is 0 Å². The van der Waals surface area contributed by atoms with E-state index in [1.807, 2.05) is 12.1 Å². The molecule has 0 unspecified atom stereocenters. The fourth-order valence-electron chi connectivity index (χ4n) is 4.53. The molecule has 1 saturated carbocycles. The van der Waals surface area contributed by atoms with Crippen molar-refractivity contribution in [1.29, 1.82) is 0 Å². The molecule has 0 aromatic heterocycles. The molecule has 0 saturated heterocycles. The van der Waals surface area contributed by atoms with Gasteiger partial charge in [0, 0.05) is 11.1 Å². The summed E-state index contributed by atoms with van der Waals surface area (Å²) in [5.74, 6) is 0.404. The van der Waals surface area contributed by atoms with Gasteiger partial charge in [-0.1, -0.05) is 58.4 Å². The van der Waals surface area contributed by atoms with Crippen LogP contribution in [0.5, 0.6) is 0 Å². The number of hydrogen-bond donors (Lipinski definition) is 0. The van der Waals surface area contributed by atoms with Crippen LogP contribution in [0.25, 0.3) is 11.1 Å². The molecule has 0 bridgehead atoms. The molecule has 0 N–H and O–H groups in total. The van der Waals surface area contributed by atoms with E-state index in [0.29, 0.717) is 17.4 Å². The van der Waals surface area contributed by atoms with Crippen molar-refractivity contribution in [2.45, 2.75) is 65.7 Å². The summed E-state index contributed by atoms with van der Waals surface area (Å²) >= 11 is 0. The van der Waals surface area contributed by atoms with Crippen molar-refractivity contribution in [1.82, 2.24) is 0 Å². The fraction of sp³-hybridized carbons (Fsp3) is 0.500. The first-order valence-corrected chi connectivity index (χ1v) is 9.90. The molecule has 0 nitrogen and oxygen atoms in total. The molecule has 146 valence electrons. The molecule has 0 amide bonds. The van der Waals surface area contributed by atoms with Gasteiger partial charge in [-0.05, 0) is 65.3 Å². The van der Waals surface area contributed by atoms with Gasteiger partial charge in [0.05, 0.1) is 0 Å². The van der Waals surface area contributed by atoms with Crippen molar-refractivity contribution >= 4 is 0 Å². The van der Waals surface area contributed by atoms with E-state index >= 15 is 0 Å². The first-order chi connectivity index (χ1) is 12.7. The molecule has 0 heterocycles. The molecule has 3 heteroatoms. The standard InChI is InChI=1S/C24H29F3/c1-15(2)12-16-7-9-18(19(13-16)21-6-5-11-24(21,3)4)20-14-17(23(26)27)8-10-22(20)25/h7-10,13-15,21,23H,5-6,11-12H2,1-4H3/t21-/m0/s1. The number of alkyl halides is 2. The summed E-state index contributed by atoms with van der Waals surface area (Å²) in [6, 6.07) is 9.83. The normalized spacial score (nSPS) is 19.2. The predicted molar refractivity (Wildman–Crippen MR) is 106 cm³/mol. The lowest BCUT2D eigenvalue weighted by molar-refractivity contribution is 0.151. The smallest absolute Gasteiger partial charge is 0.206 e. The maximum Gasteiger partial charge on any atom is 0.263 e. The average molecular weight is 374 g/mol. The van der Waals surface area contributed by atoms with Crippen molar-refractivity contribution in [2.24, 2.45) is 11.3 Å². The second-order valence-electron chi connectivity index (χ2n) is 8.99. The predicted octanol–water partition coefficient (Wildman–Crippen LogP) is 7.92. The van der Waals surface area contributed by atoms with Gasteiger partial charge in [0.2, 0.25) is 0 Å². The molecule has 0 spiro atoms. The van der Waals surface area contributed by atoms with Gasteiger partial charge in [0.25, 0.3) is 6.43 Å². The Morgan fingerprint density at radius 1 is 1.04 bits per heavy atom. The molecule has 2 aromatic rings. The van der Waals surface area contributed by atoms with Crippen molar-refractivity contribution in [3.63, 3.8) is 0 Å². The van der Waals surface area contributed by atoms with E-state index in [-0.39, 0.29) is 11.0 Å². The highest BCUT2D eigenvalue weighted by atomic mass is 19.3. The summed E-state index contributed by atoms with van der Waals surface area (Å²) in [5, 5.41) is 0. The van der Waals surface area contributed by atoms with E-state index < -0.39 is 12.2 Å². The third kappa shape index (κ3) is 4.23. The third-order valence-corrected chi connectivity index (χ3v) is 5.93. The zero-order valence-electron chi connectivity index (χ0n) is 16.7. The Balaban J connectivity index is 2.16. The topological polar surface area (TPSA) is 0 Å². The largest absolute Gasteiger partial charge is 0.263 e. The van der Waals surface area contributed by atoms with Crippen molar-refractivity contribution < 1.29 is 13.2 Å². The summed E-state index contributed by atoms with van der Waals surface area (Å²) < 4.78 is 41.1. The molecule has 27 heavy (non-hydrogen) atoms. The Kier molecular flexibility index (Phi) is 5.69. The van der Waals surface area contributed by atoms with E-state index in [2.05, 4.69) is 33.8 Å². The Morgan fingerprint density at radius 2 is 1.78 bits per heavy atom. The molecular weight excluding hydrogens is 345 g/mol. The van der Waals surface area contributed by atoms with Crippen LogP contribution in [0.3, 0.4) is 0 Å². The van der Waals surface area contributed by atoms with Crippen LogP contribution in [0.1, 0.15) is 76.0 Å². The first-order valence-electron chi connectivity index (χ1n) is 9.90. The molecule has 1 aliphatic rings. The highest BCUT2D eigenvalue weighted by Crippen LogP contribution is 2.51. The highest BCUT2D eigenvalue weighted by molar-refractivity contribution is 5.70. The van der Waals surface area contributed by atoms with Gasteiger partial charge in [-0.15, -0.1) is 0 Å². The molecule has 1 atom stereocenters. The SMILES string of the molecule is CC(C)Cc1ccc(-c2cc(C(F)F)ccc2F)c([C@@H]2CCCC2(C)C)c1. The molecule has 1 fully saturated rings. The fourth-order valence-corrected chi connectivity index (χ4v) is 4.53. The Bertz CT molecular complexity index is 805. The van der Waals surface area contributed by atoms with Gasteiger partial charge in [0.15, 0.2) is 0 Å². The van der Waals surface area contributed by atoms with Gasteiger partial charge in [-0.3, -0.25) is 0 Å². The van der Waals surface area contributed by atoms with E-state index in [9.17, 15) is 13.2 Å². The Hall–Kier alpha value is -1.77. The lowest BCUT2D eigenvalue weighted by atomic mass is 9.75. The van der Waals surface area contributed by atoms with Gasteiger partial charge < -0.3 is 0 Å². The van der Waals surface area contributed by atoms with Crippen LogP contribution in [0, 0.1) is 17.2 Å². The van der Waals surface area contributed by atoms with Gasteiger partial charge >= 0.3 is 0 Å². The average Bonchev–Trinajstić information content (AvgIpc) is 2.94. The van der Waals surface area contributed by atoms with Crippen molar-refractivity contribution in [3.8, 4) is 11.1 Å². The number of hydrogen-bond acceptors (Lipinski definition) is 0. The number of rotatable bonds is 5. The first kappa shape index (κ1) is 20.0. The minimum atomic E-state index is -2.60. The summed E-state index contributed by atoms with van der Waals surface area (Å²) in [6.45, 7) is 8.88. The van der Waals surface area contributed by atoms with Gasteiger partial charge in [-0.2, -0.15) is 0 Å². The summed E-state index contributed by atoms with van der Waals surface area (Å²) in [5.41, 5.74) is 3.40. The summed E-state index contributed by atoms with van der Waals surface area (Å²) in [7, 11) is 0. The van der Waals surface area contributed by atoms with E-state index in [1.165, 1.54) is 23.8 Å². The molecular formula is C24H29F3. The van der Waals surface area contributed by atoms with Crippen molar-refractivity contribution in [3.05, 3.63) is 58.9 Å². The second-order valence-corrected chi connectivity index (χ2v) is 8.99. The van der Waals surface area contributed by atoms with Crippen LogP contribution in [0.4, 0.5) is 13.2 Å². The zero-order valence-corrected chi connectivity index (χ0v) is 16.7. The van der Waals surface area contributed by atoms with E-state index in [0.717, 1.165) is 36.8 Å². The molecule has 0 radical (unpaired) electrons. The van der Waals surface area contributed by atoms with Crippen LogP contribution in [-0.2, 0) is 6.42 Å². The summed E-state index contributed by atoms with van der Waals surface area (Å²) in [4.78, 5) is 0.